The molecule has 0 spiro atoms. The highest BCUT2D eigenvalue weighted by Gasteiger charge is 1.93. The van der Waals surface area contributed by atoms with Crippen LogP contribution >= 0.6 is 0 Å². The second kappa shape index (κ2) is 7.36. The number of nitrogens with one attached hydrogen (secondary N) is 1. The van der Waals surface area contributed by atoms with Gasteiger partial charge in [0.15, 0.2) is 0 Å². The number of rotatable bonds is 5. The Kier molecular flexibility index (Phi) is 6.81. The summed E-state index contributed by atoms with van der Waals surface area (Å²) in [7, 11) is 0. The molecule has 1 rings (SSSR count). The smallest absolute Gasteiger partial charge is 0.0369 e. The minimum absolute atomic E-state index is 0. The van der Waals surface area contributed by atoms with Crippen LogP contribution < -0.4 is 5.32 Å². The molecule has 0 saturated heterocycles. The van der Waals surface area contributed by atoms with Crippen molar-refractivity contribution < 1.29 is 4.70 Å². The zero-order valence-electron chi connectivity index (χ0n) is 9.05. The maximum absolute atomic E-state index is 3.45. The predicted octanol–water partition coefficient (Wildman–Crippen LogP) is 3.75. The number of hydrogen-bond acceptors (Lipinski definition) is 1. The van der Waals surface area contributed by atoms with Gasteiger partial charge in [0, 0.05) is 12.2 Å². The summed E-state index contributed by atoms with van der Waals surface area (Å²) < 4.78 is 0. The van der Waals surface area contributed by atoms with E-state index in [2.05, 4.69) is 43.4 Å². The van der Waals surface area contributed by atoms with Crippen molar-refractivity contribution in [2.24, 2.45) is 0 Å². The zero-order valence-corrected chi connectivity index (χ0v) is 9.05. The number of aryl methyl sites for hydroxylation is 1. The predicted molar refractivity (Wildman–Crippen MR) is 61.7 cm³/mol. The number of benzene rings is 1. The monoisotopic (exact) mass is 197 g/mol. The molecule has 0 saturated carbocycles. The summed E-state index contributed by atoms with van der Waals surface area (Å²) in [6.07, 6.45) is 3.87. The molecule has 0 aromatic heterocycles. The molecule has 1 aromatic carbocycles. The van der Waals surface area contributed by atoms with E-state index in [0.717, 1.165) is 6.54 Å². The Morgan fingerprint density at radius 3 is 2.50 bits per heavy atom. The molecule has 0 bridgehead atoms. The second-order valence-electron chi connectivity index (χ2n) is 3.45. The van der Waals surface area contributed by atoms with Gasteiger partial charge in [0.2, 0.25) is 0 Å². The van der Waals surface area contributed by atoms with E-state index in [1.54, 1.807) is 0 Å². The Bertz CT molecular complexity index is 248. The molecule has 14 heavy (non-hydrogen) atoms. The van der Waals surface area contributed by atoms with E-state index in [1.165, 1.54) is 30.5 Å². The van der Waals surface area contributed by atoms with E-state index in [-0.39, 0.29) is 4.70 Å². The second-order valence-corrected chi connectivity index (χ2v) is 3.45. The zero-order chi connectivity index (χ0) is 9.52. The fourth-order valence-electron chi connectivity index (χ4n) is 1.37. The summed E-state index contributed by atoms with van der Waals surface area (Å²) in [5.41, 5.74) is 2.61. The van der Waals surface area contributed by atoms with Crippen LogP contribution in [0.4, 0.5) is 10.4 Å². The van der Waals surface area contributed by atoms with Crippen LogP contribution in [0.15, 0.2) is 24.3 Å². The van der Waals surface area contributed by atoms with Gasteiger partial charge in [-0.3, -0.25) is 4.70 Å². The average Bonchev–Trinajstić information content (AvgIpc) is 2.15. The molecule has 1 nitrogen and oxygen atoms in total. The minimum atomic E-state index is 0. The molecule has 0 atom stereocenters. The van der Waals surface area contributed by atoms with Gasteiger partial charge in [0.25, 0.3) is 0 Å². The number of hydrogen-bond donors (Lipinski definition) is 1. The Hall–Kier alpha value is -1.05. The standard InChI is InChI=1S/C12H19N.FH/c1-3-4-7-10-13-12-9-6-5-8-11(12)2;/h5-6,8-9,13H,3-4,7,10H2,1-2H3;1H. The van der Waals surface area contributed by atoms with E-state index in [0.29, 0.717) is 0 Å². The molecule has 0 heterocycles. The molecule has 2 heteroatoms. The van der Waals surface area contributed by atoms with Crippen molar-refractivity contribution in [2.75, 3.05) is 11.9 Å². The lowest BCUT2D eigenvalue weighted by molar-refractivity contribution is 0.743. The van der Waals surface area contributed by atoms with Gasteiger partial charge in [-0.1, -0.05) is 38.0 Å². The lowest BCUT2D eigenvalue weighted by atomic mass is 10.2. The summed E-state index contributed by atoms with van der Waals surface area (Å²) >= 11 is 0. The fourth-order valence-corrected chi connectivity index (χ4v) is 1.37. The van der Waals surface area contributed by atoms with E-state index >= 15 is 0 Å². The van der Waals surface area contributed by atoms with E-state index in [9.17, 15) is 0 Å². The first kappa shape index (κ1) is 12.9. The van der Waals surface area contributed by atoms with Crippen LogP contribution in [-0.4, -0.2) is 6.54 Å². The molecule has 0 fully saturated rings. The largest absolute Gasteiger partial charge is 0.385 e. The van der Waals surface area contributed by atoms with Gasteiger partial charge in [-0.25, -0.2) is 0 Å². The maximum Gasteiger partial charge on any atom is 0.0369 e. The van der Waals surface area contributed by atoms with Crippen molar-refractivity contribution in [1.82, 2.24) is 0 Å². The van der Waals surface area contributed by atoms with Crippen molar-refractivity contribution in [2.45, 2.75) is 33.1 Å². The molecule has 0 unspecified atom stereocenters. The first-order valence-electron chi connectivity index (χ1n) is 5.14. The average molecular weight is 197 g/mol. The van der Waals surface area contributed by atoms with E-state index < -0.39 is 0 Å². The van der Waals surface area contributed by atoms with Crippen molar-refractivity contribution in [3.63, 3.8) is 0 Å². The summed E-state index contributed by atoms with van der Waals surface area (Å²) in [5, 5.41) is 3.45. The molecular formula is C12H20FN. The van der Waals surface area contributed by atoms with Crippen LogP contribution in [0, 0.1) is 6.92 Å². The Labute approximate surface area is 85.9 Å². The van der Waals surface area contributed by atoms with Crippen LogP contribution in [0.1, 0.15) is 31.7 Å². The van der Waals surface area contributed by atoms with Gasteiger partial charge in [-0.05, 0) is 25.0 Å². The van der Waals surface area contributed by atoms with E-state index in [1.807, 2.05) is 0 Å². The van der Waals surface area contributed by atoms with Gasteiger partial charge in [-0.2, -0.15) is 0 Å². The normalized spacial score (nSPS) is 9.29. The Morgan fingerprint density at radius 1 is 1.14 bits per heavy atom. The van der Waals surface area contributed by atoms with Gasteiger partial charge in [0.1, 0.15) is 0 Å². The maximum atomic E-state index is 3.45. The molecule has 0 aliphatic heterocycles. The highest BCUT2D eigenvalue weighted by Crippen LogP contribution is 2.12. The summed E-state index contributed by atoms with van der Waals surface area (Å²) in [4.78, 5) is 0. The molecule has 0 radical (unpaired) electrons. The van der Waals surface area contributed by atoms with Crippen molar-refractivity contribution in [3.8, 4) is 0 Å². The molecular weight excluding hydrogens is 177 g/mol. The van der Waals surface area contributed by atoms with Crippen molar-refractivity contribution in [1.29, 1.82) is 0 Å². The number of unbranched alkanes of at least 4 members (excludes halogenated alkanes) is 2. The molecule has 1 aromatic rings. The van der Waals surface area contributed by atoms with Crippen LogP contribution in [0.5, 0.6) is 0 Å². The van der Waals surface area contributed by atoms with Crippen molar-refractivity contribution in [3.05, 3.63) is 29.8 Å². The molecule has 0 amide bonds. The fraction of sp³-hybridized carbons (Fsp3) is 0.500. The first-order chi connectivity index (χ1) is 6.34. The number of anilines is 1. The van der Waals surface area contributed by atoms with Crippen LogP contribution in [-0.2, 0) is 0 Å². The van der Waals surface area contributed by atoms with Crippen LogP contribution in [0.2, 0.25) is 0 Å². The highest BCUT2D eigenvalue weighted by molar-refractivity contribution is 5.49. The topological polar surface area (TPSA) is 12.0 Å². The number of halogens is 1. The Morgan fingerprint density at radius 2 is 1.86 bits per heavy atom. The quantitative estimate of drug-likeness (QED) is 0.709. The van der Waals surface area contributed by atoms with Crippen LogP contribution in [0.25, 0.3) is 0 Å². The summed E-state index contributed by atoms with van der Waals surface area (Å²) in [5.74, 6) is 0. The third-order valence-electron chi connectivity index (χ3n) is 2.24. The molecule has 80 valence electrons. The van der Waals surface area contributed by atoms with Crippen molar-refractivity contribution >= 4 is 5.69 Å². The lowest BCUT2D eigenvalue weighted by Gasteiger charge is -2.08. The van der Waals surface area contributed by atoms with E-state index in [4.69, 9.17) is 0 Å². The van der Waals surface area contributed by atoms with Gasteiger partial charge < -0.3 is 5.32 Å². The summed E-state index contributed by atoms with van der Waals surface area (Å²) in [6, 6.07) is 8.44. The first-order valence-corrected chi connectivity index (χ1v) is 5.14. The molecule has 0 aliphatic rings. The minimum Gasteiger partial charge on any atom is -0.385 e. The van der Waals surface area contributed by atoms with Gasteiger partial charge in [0.05, 0.1) is 0 Å². The van der Waals surface area contributed by atoms with Crippen LogP contribution in [0.3, 0.4) is 0 Å². The van der Waals surface area contributed by atoms with Gasteiger partial charge in [-0.15, -0.1) is 0 Å². The molecule has 1 N–H and O–H groups in total. The third kappa shape index (κ3) is 4.26. The third-order valence-corrected chi connectivity index (χ3v) is 2.24. The number of para-hydroxylation sites is 1. The highest BCUT2D eigenvalue weighted by atomic mass is 19.0. The van der Waals surface area contributed by atoms with Gasteiger partial charge >= 0.3 is 0 Å². The molecule has 0 aliphatic carbocycles. The Balaban J connectivity index is 0.00000169. The SMILES string of the molecule is CCCCCNc1ccccc1C.F. The lowest BCUT2D eigenvalue weighted by Crippen LogP contribution is -2.02. The summed E-state index contributed by atoms with van der Waals surface area (Å²) in [6.45, 7) is 5.47.